The molecule has 0 saturated heterocycles. The van der Waals surface area contributed by atoms with Crippen molar-refractivity contribution in [2.45, 2.75) is 31.5 Å². The summed E-state index contributed by atoms with van der Waals surface area (Å²) in [5.41, 5.74) is 1.78. The second-order valence-electron chi connectivity index (χ2n) is 8.67. The maximum absolute atomic E-state index is 13.2. The number of rotatable bonds is 5. The highest BCUT2D eigenvalue weighted by atomic mass is 35.5. The molecule has 10 heteroatoms. The number of nitrogens with one attached hydrogen (secondary N) is 2. The number of fused-ring (bicyclic) bond motifs is 1. The number of hydrogen-bond donors (Lipinski definition) is 2. The molecule has 1 aromatic heterocycles. The van der Waals surface area contributed by atoms with Crippen molar-refractivity contribution in [3.63, 3.8) is 0 Å². The van der Waals surface area contributed by atoms with E-state index < -0.39 is 22.7 Å². The first-order chi connectivity index (χ1) is 17.3. The third-order valence-electron chi connectivity index (χ3n) is 6.16. The molecule has 2 aliphatic rings. The zero-order valence-electron chi connectivity index (χ0n) is 19.0. The Morgan fingerprint density at radius 2 is 1.92 bits per heavy atom. The Hall–Kier alpha value is -3.59. The SMILES string of the molecule is O=C(NC1CCc2ccc(Oc3ccnc(C4=NCCN4)c3)cc2C1)c1ccc(Cl)c(C(F)(F)F)c1. The second-order valence-corrected chi connectivity index (χ2v) is 9.08. The number of aromatic nitrogens is 1. The van der Waals surface area contributed by atoms with E-state index in [1.54, 1.807) is 12.3 Å². The van der Waals surface area contributed by atoms with Crippen LogP contribution in [0.25, 0.3) is 0 Å². The molecule has 36 heavy (non-hydrogen) atoms. The average molecular weight is 515 g/mol. The van der Waals surface area contributed by atoms with Crippen LogP contribution in [-0.2, 0) is 19.0 Å². The number of aryl methyl sites for hydroxylation is 1. The average Bonchev–Trinajstić information content (AvgIpc) is 3.39. The van der Waals surface area contributed by atoms with Crippen LogP contribution in [0.3, 0.4) is 0 Å². The van der Waals surface area contributed by atoms with Crippen molar-refractivity contribution < 1.29 is 22.7 Å². The third kappa shape index (κ3) is 5.31. The number of alkyl halides is 3. The summed E-state index contributed by atoms with van der Waals surface area (Å²) in [5, 5.41) is 5.61. The summed E-state index contributed by atoms with van der Waals surface area (Å²) in [6, 6.07) is 12.4. The van der Waals surface area contributed by atoms with Crippen molar-refractivity contribution in [3.8, 4) is 11.5 Å². The number of ether oxygens (including phenoxy) is 1. The van der Waals surface area contributed by atoms with Crippen LogP contribution in [0.2, 0.25) is 5.02 Å². The minimum atomic E-state index is -4.63. The number of amides is 1. The summed E-state index contributed by atoms with van der Waals surface area (Å²) in [5.74, 6) is 1.45. The summed E-state index contributed by atoms with van der Waals surface area (Å²) < 4.78 is 45.6. The number of aliphatic imine (C=N–C) groups is 1. The summed E-state index contributed by atoms with van der Waals surface area (Å²) in [4.78, 5) is 21.4. The predicted molar refractivity (Wildman–Crippen MR) is 130 cm³/mol. The molecule has 1 unspecified atom stereocenters. The molecule has 1 amide bonds. The van der Waals surface area contributed by atoms with Crippen LogP contribution in [0, 0.1) is 0 Å². The van der Waals surface area contributed by atoms with Crippen LogP contribution in [0.1, 0.15) is 39.2 Å². The van der Waals surface area contributed by atoms with Gasteiger partial charge in [-0.05, 0) is 66.8 Å². The van der Waals surface area contributed by atoms with Gasteiger partial charge in [-0.15, -0.1) is 0 Å². The van der Waals surface area contributed by atoms with Crippen molar-refractivity contribution in [3.05, 3.63) is 87.7 Å². The molecule has 0 fully saturated rings. The molecular formula is C26H22ClF3N4O2. The molecule has 6 nitrogen and oxygen atoms in total. The smallest absolute Gasteiger partial charge is 0.417 e. The number of halogens is 4. The van der Waals surface area contributed by atoms with Gasteiger partial charge in [0.05, 0.1) is 17.1 Å². The molecule has 186 valence electrons. The molecule has 1 aliphatic carbocycles. The number of carbonyl (C=O) groups is 1. The van der Waals surface area contributed by atoms with Gasteiger partial charge in [0.15, 0.2) is 0 Å². The second kappa shape index (κ2) is 9.81. The van der Waals surface area contributed by atoms with Crippen LogP contribution in [0.4, 0.5) is 13.2 Å². The fourth-order valence-electron chi connectivity index (χ4n) is 4.38. The highest BCUT2D eigenvalue weighted by Crippen LogP contribution is 2.35. The maximum Gasteiger partial charge on any atom is 0.417 e. The minimum Gasteiger partial charge on any atom is -0.457 e. The highest BCUT2D eigenvalue weighted by Gasteiger charge is 2.34. The van der Waals surface area contributed by atoms with E-state index in [4.69, 9.17) is 16.3 Å². The van der Waals surface area contributed by atoms with Crippen LogP contribution in [0.5, 0.6) is 11.5 Å². The molecule has 0 bridgehead atoms. The first-order valence-corrected chi connectivity index (χ1v) is 11.9. The summed E-state index contributed by atoms with van der Waals surface area (Å²) in [6.07, 6.45) is -1.01. The zero-order chi connectivity index (χ0) is 25.3. The molecular weight excluding hydrogens is 493 g/mol. The lowest BCUT2D eigenvalue weighted by atomic mass is 9.88. The molecule has 1 atom stereocenters. The van der Waals surface area contributed by atoms with Crippen LogP contribution in [0.15, 0.2) is 59.7 Å². The fraction of sp³-hybridized carbons (Fsp3) is 0.269. The van der Waals surface area contributed by atoms with Gasteiger partial charge in [0.2, 0.25) is 0 Å². The quantitative estimate of drug-likeness (QED) is 0.492. The van der Waals surface area contributed by atoms with E-state index in [2.05, 4.69) is 20.6 Å². The highest BCUT2D eigenvalue weighted by molar-refractivity contribution is 6.31. The Labute approximate surface area is 210 Å². The molecule has 0 saturated carbocycles. The monoisotopic (exact) mass is 514 g/mol. The van der Waals surface area contributed by atoms with Gasteiger partial charge in [0, 0.05) is 30.4 Å². The Kier molecular flexibility index (Phi) is 6.57. The Bertz CT molecular complexity index is 1340. The molecule has 2 aromatic carbocycles. The van der Waals surface area contributed by atoms with E-state index in [0.717, 1.165) is 42.1 Å². The predicted octanol–water partition coefficient (Wildman–Crippen LogP) is 5.18. The van der Waals surface area contributed by atoms with E-state index >= 15 is 0 Å². The molecule has 2 N–H and O–H groups in total. The van der Waals surface area contributed by atoms with E-state index in [0.29, 0.717) is 36.6 Å². The van der Waals surface area contributed by atoms with Crippen molar-refractivity contribution in [1.29, 1.82) is 0 Å². The lowest BCUT2D eigenvalue weighted by molar-refractivity contribution is -0.137. The third-order valence-corrected chi connectivity index (χ3v) is 6.49. The Balaban J connectivity index is 1.27. The lowest BCUT2D eigenvalue weighted by Gasteiger charge is -2.26. The van der Waals surface area contributed by atoms with Gasteiger partial charge in [0.1, 0.15) is 23.0 Å². The molecule has 0 radical (unpaired) electrons. The summed E-state index contributed by atoms with van der Waals surface area (Å²) in [6.45, 7) is 1.50. The number of pyridine rings is 1. The molecule has 2 heterocycles. The first kappa shape index (κ1) is 24.1. The largest absolute Gasteiger partial charge is 0.457 e. The van der Waals surface area contributed by atoms with E-state index in [9.17, 15) is 18.0 Å². The van der Waals surface area contributed by atoms with Gasteiger partial charge in [-0.2, -0.15) is 13.2 Å². The Morgan fingerprint density at radius 1 is 1.08 bits per heavy atom. The summed E-state index contributed by atoms with van der Waals surface area (Å²) in [7, 11) is 0. The van der Waals surface area contributed by atoms with Crippen molar-refractivity contribution in [2.24, 2.45) is 4.99 Å². The summed E-state index contributed by atoms with van der Waals surface area (Å²) >= 11 is 5.67. The van der Waals surface area contributed by atoms with Crippen molar-refractivity contribution in [1.82, 2.24) is 15.6 Å². The molecule has 3 aromatic rings. The fourth-order valence-corrected chi connectivity index (χ4v) is 4.61. The van der Waals surface area contributed by atoms with Crippen LogP contribution < -0.4 is 15.4 Å². The van der Waals surface area contributed by atoms with Gasteiger partial charge in [-0.3, -0.25) is 14.8 Å². The molecule has 0 spiro atoms. The van der Waals surface area contributed by atoms with Gasteiger partial charge in [-0.1, -0.05) is 17.7 Å². The number of nitrogens with zero attached hydrogens (tertiary/aromatic N) is 2. The van der Waals surface area contributed by atoms with Crippen LogP contribution in [-0.4, -0.2) is 35.9 Å². The van der Waals surface area contributed by atoms with Gasteiger partial charge in [-0.25, -0.2) is 0 Å². The minimum absolute atomic E-state index is 0.0792. The number of benzene rings is 2. The number of carbonyl (C=O) groups excluding carboxylic acids is 1. The topological polar surface area (TPSA) is 75.6 Å². The Morgan fingerprint density at radius 3 is 2.69 bits per heavy atom. The van der Waals surface area contributed by atoms with Gasteiger partial charge >= 0.3 is 6.18 Å². The van der Waals surface area contributed by atoms with E-state index in [-0.39, 0.29) is 11.6 Å². The first-order valence-electron chi connectivity index (χ1n) is 11.5. The van der Waals surface area contributed by atoms with E-state index in [1.165, 1.54) is 6.07 Å². The normalized spacial score (nSPS) is 17.1. The lowest BCUT2D eigenvalue weighted by Crippen LogP contribution is -2.38. The zero-order valence-corrected chi connectivity index (χ0v) is 19.8. The number of hydrogen-bond acceptors (Lipinski definition) is 5. The molecule has 5 rings (SSSR count). The van der Waals surface area contributed by atoms with Gasteiger partial charge in [0.25, 0.3) is 5.91 Å². The molecule has 1 aliphatic heterocycles. The van der Waals surface area contributed by atoms with Crippen molar-refractivity contribution in [2.75, 3.05) is 13.1 Å². The maximum atomic E-state index is 13.2. The van der Waals surface area contributed by atoms with E-state index in [1.807, 2.05) is 24.3 Å². The number of amidine groups is 1. The van der Waals surface area contributed by atoms with Crippen molar-refractivity contribution >= 4 is 23.3 Å². The standard InChI is InChI=1S/C26H22ClF3N4O2/c27-22-6-3-16(13-21(22)26(28,29)30)25(35)34-18-4-1-15-2-5-19(12-17(15)11-18)36-20-7-8-31-23(14-20)24-32-9-10-33-24/h2-3,5-8,12-14,18H,1,4,9-11H2,(H,32,33)(H,34,35). The van der Waals surface area contributed by atoms with Crippen LogP contribution >= 0.6 is 11.6 Å². The van der Waals surface area contributed by atoms with Gasteiger partial charge < -0.3 is 15.4 Å².